The highest BCUT2D eigenvalue weighted by molar-refractivity contribution is 7.93. The molecule has 0 aliphatic rings. The lowest BCUT2D eigenvalue weighted by Gasteiger charge is -2.09. The van der Waals surface area contributed by atoms with E-state index in [1.807, 2.05) is 0 Å². The summed E-state index contributed by atoms with van der Waals surface area (Å²) < 4.78 is 103. The summed E-state index contributed by atoms with van der Waals surface area (Å²) in [5.74, 6) is -3.08. The second kappa shape index (κ2) is 8.05. The van der Waals surface area contributed by atoms with E-state index in [0.717, 1.165) is 11.4 Å². The van der Waals surface area contributed by atoms with Crippen LogP contribution in [0.3, 0.4) is 0 Å². The predicted molar refractivity (Wildman–Crippen MR) is 102 cm³/mol. The molecule has 0 bridgehead atoms. The minimum atomic E-state index is -4.85. The zero-order chi connectivity index (χ0) is 23.0. The molecule has 0 radical (unpaired) electrons. The lowest BCUT2D eigenvalue weighted by atomic mass is 10.1. The Hall–Kier alpha value is -2.77. The molecule has 31 heavy (non-hydrogen) atoms. The van der Waals surface area contributed by atoms with Gasteiger partial charge in [-0.2, -0.15) is 13.2 Å². The summed E-state index contributed by atoms with van der Waals surface area (Å²) in [4.78, 5) is 11.7. The molecule has 1 amide bonds. The van der Waals surface area contributed by atoms with Gasteiger partial charge >= 0.3 is 6.18 Å². The van der Waals surface area contributed by atoms with Crippen LogP contribution in [-0.2, 0) is 26.0 Å². The standard InChI is InChI=1S/C18H11F4NO5S3/c19-15-8-11(18(20,21)22)6-7-14(15)17(24)23-31(27,28)16-9-13(10-29-16)30(25,26)12-4-2-1-3-5-12/h1-10H,(H,23,24). The maximum Gasteiger partial charge on any atom is 0.416 e. The Bertz CT molecular complexity index is 1350. The third-order valence-corrected chi connectivity index (χ3v) is 8.62. The molecule has 0 saturated carbocycles. The molecular weight excluding hydrogens is 482 g/mol. The number of sulfonamides is 1. The highest BCUT2D eigenvalue weighted by atomic mass is 32.2. The van der Waals surface area contributed by atoms with E-state index in [9.17, 15) is 39.2 Å². The van der Waals surface area contributed by atoms with Gasteiger partial charge in [0.25, 0.3) is 15.9 Å². The topological polar surface area (TPSA) is 97.4 Å². The van der Waals surface area contributed by atoms with E-state index in [4.69, 9.17) is 0 Å². The number of carbonyl (C=O) groups excluding carboxylic acids is 1. The number of benzene rings is 2. The number of alkyl halides is 3. The Balaban J connectivity index is 1.86. The SMILES string of the molecule is O=C(NS(=O)(=O)c1cc(S(=O)(=O)c2ccccc2)cs1)c1ccc(C(F)(F)F)cc1F. The van der Waals surface area contributed by atoms with Gasteiger partial charge in [-0.3, -0.25) is 4.79 Å². The first-order valence-corrected chi connectivity index (χ1v) is 12.0. The van der Waals surface area contributed by atoms with Gasteiger partial charge in [0.1, 0.15) is 10.0 Å². The van der Waals surface area contributed by atoms with Crippen LogP contribution >= 0.6 is 11.3 Å². The van der Waals surface area contributed by atoms with Gasteiger partial charge in [0, 0.05) is 5.38 Å². The van der Waals surface area contributed by atoms with Gasteiger partial charge < -0.3 is 0 Å². The van der Waals surface area contributed by atoms with Gasteiger partial charge in [-0.15, -0.1) is 11.3 Å². The number of rotatable bonds is 5. The predicted octanol–water partition coefficient (Wildman–Crippen LogP) is 3.86. The van der Waals surface area contributed by atoms with Crippen molar-refractivity contribution in [3.63, 3.8) is 0 Å². The van der Waals surface area contributed by atoms with Crippen molar-refractivity contribution in [2.75, 3.05) is 0 Å². The lowest BCUT2D eigenvalue weighted by molar-refractivity contribution is -0.137. The number of hydrogen-bond donors (Lipinski definition) is 1. The summed E-state index contributed by atoms with van der Waals surface area (Å²) in [7, 11) is -8.64. The average molecular weight is 493 g/mol. The van der Waals surface area contributed by atoms with Crippen LogP contribution in [0.1, 0.15) is 15.9 Å². The molecule has 0 atom stereocenters. The van der Waals surface area contributed by atoms with Crippen molar-refractivity contribution in [1.82, 2.24) is 4.72 Å². The van der Waals surface area contributed by atoms with Crippen molar-refractivity contribution in [3.8, 4) is 0 Å². The Morgan fingerprint density at radius 1 is 0.903 bits per heavy atom. The average Bonchev–Trinajstić information content (AvgIpc) is 3.19. The highest BCUT2D eigenvalue weighted by Crippen LogP contribution is 2.31. The Kier molecular flexibility index (Phi) is 5.95. The number of halogens is 4. The summed E-state index contributed by atoms with van der Waals surface area (Å²) >= 11 is 0.501. The molecule has 164 valence electrons. The molecule has 1 N–H and O–H groups in total. The van der Waals surface area contributed by atoms with Gasteiger partial charge in [-0.1, -0.05) is 18.2 Å². The number of nitrogens with one attached hydrogen (secondary N) is 1. The minimum Gasteiger partial charge on any atom is -0.268 e. The van der Waals surface area contributed by atoms with Crippen molar-refractivity contribution in [2.24, 2.45) is 0 Å². The van der Waals surface area contributed by atoms with Crippen LogP contribution in [0.5, 0.6) is 0 Å². The van der Waals surface area contributed by atoms with Crippen molar-refractivity contribution in [1.29, 1.82) is 0 Å². The molecule has 0 unspecified atom stereocenters. The van der Waals surface area contributed by atoms with E-state index in [1.54, 1.807) is 6.07 Å². The number of sulfone groups is 1. The summed E-state index contributed by atoms with van der Waals surface area (Å²) in [6.07, 6.45) is -4.85. The van der Waals surface area contributed by atoms with Crippen molar-refractivity contribution < 1.29 is 39.2 Å². The van der Waals surface area contributed by atoms with Gasteiger partial charge in [0.15, 0.2) is 0 Å². The summed E-state index contributed by atoms with van der Waals surface area (Å²) in [6, 6.07) is 9.02. The molecule has 3 rings (SSSR count). The van der Waals surface area contributed by atoms with Gasteiger partial charge in [0.05, 0.1) is 20.9 Å². The molecule has 3 aromatic rings. The second-order valence-electron chi connectivity index (χ2n) is 6.04. The fourth-order valence-corrected chi connectivity index (χ4v) is 6.29. The molecule has 0 fully saturated rings. The molecule has 0 saturated heterocycles. The molecule has 0 aliphatic carbocycles. The van der Waals surface area contributed by atoms with Crippen LogP contribution in [0.4, 0.5) is 17.6 Å². The van der Waals surface area contributed by atoms with Crippen LogP contribution in [0.25, 0.3) is 0 Å². The van der Waals surface area contributed by atoms with Gasteiger partial charge in [0.2, 0.25) is 9.84 Å². The molecule has 0 spiro atoms. The third-order valence-electron chi connectivity index (χ3n) is 3.95. The van der Waals surface area contributed by atoms with Gasteiger partial charge in [-0.25, -0.2) is 25.9 Å². The summed E-state index contributed by atoms with van der Waals surface area (Å²) in [6.45, 7) is 0. The number of amides is 1. The first-order chi connectivity index (χ1) is 14.3. The largest absolute Gasteiger partial charge is 0.416 e. The zero-order valence-corrected chi connectivity index (χ0v) is 17.5. The van der Waals surface area contributed by atoms with E-state index in [0.29, 0.717) is 23.5 Å². The van der Waals surface area contributed by atoms with E-state index < -0.39 is 53.1 Å². The van der Waals surface area contributed by atoms with Crippen molar-refractivity contribution >= 4 is 37.1 Å². The molecule has 1 aromatic heterocycles. The van der Waals surface area contributed by atoms with E-state index in [1.165, 1.54) is 29.0 Å². The van der Waals surface area contributed by atoms with Crippen LogP contribution in [0.2, 0.25) is 0 Å². The Morgan fingerprint density at radius 3 is 2.13 bits per heavy atom. The number of thiophene rings is 1. The van der Waals surface area contributed by atoms with E-state index >= 15 is 0 Å². The molecule has 0 aliphatic heterocycles. The fraction of sp³-hybridized carbons (Fsp3) is 0.0556. The molecule has 1 heterocycles. The van der Waals surface area contributed by atoms with Crippen LogP contribution in [0, 0.1) is 5.82 Å². The number of carbonyl (C=O) groups is 1. The zero-order valence-electron chi connectivity index (χ0n) is 15.1. The molecule has 2 aromatic carbocycles. The first kappa shape index (κ1) is 22.9. The Morgan fingerprint density at radius 2 is 1.55 bits per heavy atom. The minimum absolute atomic E-state index is 0.0667. The van der Waals surface area contributed by atoms with E-state index in [-0.39, 0.29) is 15.9 Å². The normalized spacial score (nSPS) is 12.5. The van der Waals surface area contributed by atoms with Crippen molar-refractivity contribution in [2.45, 2.75) is 20.2 Å². The van der Waals surface area contributed by atoms with Gasteiger partial charge in [-0.05, 0) is 36.4 Å². The quantitative estimate of drug-likeness (QED) is 0.545. The first-order valence-electron chi connectivity index (χ1n) is 8.15. The molecular formula is C18H11F4NO5S3. The van der Waals surface area contributed by atoms with Crippen LogP contribution in [0.15, 0.2) is 74.0 Å². The second-order valence-corrected chi connectivity index (χ2v) is 10.8. The third kappa shape index (κ3) is 4.78. The number of hydrogen-bond acceptors (Lipinski definition) is 6. The maximum absolute atomic E-state index is 13.9. The smallest absolute Gasteiger partial charge is 0.268 e. The fourth-order valence-electron chi connectivity index (χ4n) is 2.42. The van der Waals surface area contributed by atoms with E-state index in [2.05, 4.69) is 0 Å². The summed E-state index contributed by atoms with van der Waals surface area (Å²) in [5.41, 5.74) is -2.27. The lowest BCUT2D eigenvalue weighted by Crippen LogP contribution is -2.30. The Labute approximate surface area is 178 Å². The summed E-state index contributed by atoms with van der Waals surface area (Å²) in [5, 5.41) is 1.06. The monoisotopic (exact) mass is 493 g/mol. The van der Waals surface area contributed by atoms with Crippen LogP contribution in [-0.4, -0.2) is 22.7 Å². The van der Waals surface area contributed by atoms with Crippen molar-refractivity contribution in [3.05, 3.63) is 76.9 Å². The highest BCUT2D eigenvalue weighted by Gasteiger charge is 2.32. The maximum atomic E-state index is 13.9. The molecule has 6 nitrogen and oxygen atoms in total. The molecule has 13 heteroatoms. The van der Waals surface area contributed by atoms with Crippen LogP contribution < -0.4 is 4.72 Å².